The van der Waals surface area contributed by atoms with Crippen molar-refractivity contribution < 1.29 is 24.5 Å². The molecule has 0 saturated heterocycles. The van der Waals surface area contributed by atoms with Crippen molar-refractivity contribution in [3.8, 4) is 0 Å². The molecule has 8 rings (SSSR count). The minimum atomic E-state index is -0.847. The lowest BCUT2D eigenvalue weighted by atomic mass is 9.40. The third kappa shape index (κ3) is 4.02. The van der Waals surface area contributed by atoms with E-state index in [4.69, 9.17) is 4.74 Å². The van der Waals surface area contributed by atoms with Gasteiger partial charge in [0.05, 0.1) is 34.5 Å². The third-order valence-corrected chi connectivity index (χ3v) is 15.0. The number of benzene rings is 1. The quantitative estimate of drug-likeness (QED) is 0.192. The molecule has 2 fully saturated rings. The molecule has 1 aromatic heterocycles. The molecule has 0 bridgehead atoms. The van der Waals surface area contributed by atoms with Crippen LogP contribution in [-0.4, -0.2) is 43.7 Å². The zero-order valence-corrected chi connectivity index (χ0v) is 31.7. The van der Waals surface area contributed by atoms with Crippen LogP contribution < -0.4 is 0 Å². The highest BCUT2D eigenvalue weighted by Crippen LogP contribution is 2.71. The van der Waals surface area contributed by atoms with E-state index in [1.54, 1.807) is 6.92 Å². The average molecular weight is 678 g/mol. The maximum absolute atomic E-state index is 14.9. The first kappa shape index (κ1) is 34.0. The van der Waals surface area contributed by atoms with E-state index in [9.17, 15) is 19.8 Å². The molecule has 2 saturated carbocycles. The van der Waals surface area contributed by atoms with Crippen molar-refractivity contribution in [2.75, 3.05) is 0 Å². The van der Waals surface area contributed by atoms with E-state index in [2.05, 4.69) is 77.8 Å². The first-order valence-electron chi connectivity index (χ1n) is 18.8. The Morgan fingerprint density at radius 1 is 1.04 bits per heavy atom. The van der Waals surface area contributed by atoms with Crippen molar-refractivity contribution in [3.05, 3.63) is 76.0 Å². The number of ketones is 2. The highest BCUT2D eigenvalue weighted by Gasteiger charge is 2.67. The fourth-order valence-electron chi connectivity index (χ4n) is 12.6. The van der Waals surface area contributed by atoms with Crippen LogP contribution in [0.1, 0.15) is 140 Å². The van der Waals surface area contributed by atoms with Gasteiger partial charge in [0.1, 0.15) is 6.04 Å². The van der Waals surface area contributed by atoms with E-state index in [-0.39, 0.29) is 34.2 Å². The van der Waals surface area contributed by atoms with E-state index in [0.29, 0.717) is 23.5 Å². The summed E-state index contributed by atoms with van der Waals surface area (Å²) in [4.78, 5) is 26.8. The molecule has 9 unspecified atom stereocenters. The van der Waals surface area contributed by atoms with Crippen molar-refractivity contribution in [1.82, 2.24) is 4.57 Å². The zero-order chi connectivity index (χ0) is 36.2. The predicted octanol–water partition coefficient (Wildman–Crippen LogP) is 8.69. The number of aliphatic hydroxyl groups excluding tert-OH is 2. The second kappa shape index (κ2) is 10.3. The maximum Gasteiger partial charge on any atom is 0.192 e. The number of carbonyl (C=O) groups excluding carboxylic acids is 2. The summed E-state index contributed by atoms with van der Waals surface area (Å²) < 4.78 is 8.90. The molecule has 0 spiro atoms. The number of aliphatic hydroxyl groups is 2. The fourth-order valence-corrected chi connectivity index (χ4v) is 12.6. The summed E-state index contributed by atoms with van der Waals surface area (Å²) in [7, 11) is 0. The first-order valence-corrected chi connectivity index (χ1v) is 18.8. The highest BCUT2D eigenvalue weighted by atomic mass is 16.5. The van der Waals surface area contributed by atoms with Crippen molar-refractivity contribution in [2.24, 2.45) is 28.6 Å². The van der Waals surface area contributed by atoms with Gasteiger partial charge in [-0.05, 0) is 132 Å². The summed E-state index contributed by atoms with van der Waals surface area (Å²) in [6.45, 7) is 25.2. The van der Waals surface area contributed by atoms with Crippen LogP contribution in [0.2, 0.25) is 0 Å². The molecule has 6 aliphatic rings. The molecule has 2 aromatic rings. The van der Waals surface area contributed by atoms with E-state index < -0.39 is 34.9 Å². The Labute approximate surface area is 297 Å². The Morgan fingerprint density at radius 3 is 2.40 bits per heavy atom. The molecule has 6 nitrogen and oxygen atoms in total. The van der Waals surface area contributed by atoms with Crippen LogP contribution in [0.4, 0.5) is 0 Å². The minimum Gasteiger partial charge on any atom is -0.392 e. The maximum atomic E-state index is 14.9. The summed E-state index contributed by atoms with van der Waals surface area (Å²) in [5.41, 5.74) is 6.62. The second-order valence-electron chi connectivity index (χ2n) is 18.6. The number of hydrogen-bond acceptors (Lipinski definition) is 5. The van der Waals surface area contributed by atoms with Crippen LogP contribution in [0.5, 0.6) is 0 Å². The van der Waals surface area contributed by atoms with Crippen LogP contribution in [0.3, 0.4) is 0 Å². The molecule has 0 amide bonds. The number of aromatic nitrogens is 1. The van der Waals surface area contributed by atoms with Gasteiger partial charge in [-0.2, -0.15) is 0 Å². The zero-order valence-electron chi connectivity index (χ0n) is 31.7. The normalized spacial score (nSPS) is 39.2. The van der Waals surface area contributed by atoms with Gasteiger partial charge in [-0.1, -0.05) is 51.2 Å². The Morgan fingerprint density at radius 2 is 1.74 bits per heavy atom. The van der Waals surface area contributed by atoms with Gasteiger partial charge in [0.15, 0.2) is 11.6 Å². The van der Waals surface area contributed by atoms with Crippen LogP contribution in [0.25, 0.3) is 16.5 Å². The van der Waals surface area contributed by atoms with Gasteiger partial charge >= 0.3 is 0 Å². The molecule has 1 aromatic carbocycles. The van der Waals surface area contributed by atoms with Crippen molar-refractivity contribution in [2.45, 2.75) is 136 Å². The summed E-state index contributed by atoms with van der Waals surface area (Å²) >= 11 is 0. The van der Waals surface area contributed by atoms with Crippen LogP contribution in [0, 0.1) is 28.6 Å². The number of Topliss-reactive ketones (excluding diaryl/α,β-unsaturated/α-hetero) is 2. The smallest absolute Gasteiger partial charge is 0.192 e. The van der Waals surface area contributed by atoms with Gasteiger partial charge in [0, 0.05) is 33.4 Å². The molecule has 0 radical (unpaired) electrons. The highest BCUT2D eigenvalue weighted by molar-refractivity contribution is 6.18. The lowest BCUT2D eigenvalue weighted by Crippen LogP contribution is -2.62. The lowest BCUT2D eigenvalue weighted by molar-refractivity contribution is -0.144. The van der Waals surface area contributed by atoms with Gasteiger partial charge in [-0.25, -0.2) is 0 Å². The number of allylic oxidation sites excluding steroid dienone is 4. The van der Waals surface area contributed by atoms with Crippen LogP contribution in [-0.2, 0) is 21.4 Å². The molecule has 266 valence electrons. The molecule has 50 heavy (non-hydrogen) atoms. The lowest BCUT2D eigenvalue weighted by Gasteiger charge is -2.64. The monoisotopic (exact) mass is 677 g/mol. The van der Waals surface area contributed by atoms with Crippen molar-refractivity contribution in [1.29, 1.82) is 0 Å². The van der Waals surface area contributed by atoms with E-state index in [1.165, 1.54) is 11.3 Å². The summed E-state index contributed by atoms with van der Waals surface area (Å²) in [5, 5.41) is 25.0. The number of nitrogens with zero attached hydrogens (tertiary/aromatic N) is 1. The average Bonchev–Trinajstić information content (AvgIpc) is 3.67. The Hall–Kier alpha value is -3.06. The number of carbonyl (C=O) groups is 2. The number of hydrogen-bond donors (Lipinski definition) is 2. The summed E-state index contributed by atoms with van der Waals surface area (Å²) in [5.74, 6) is 0.427. The second-order valence-corrected chi connectivity index (χ2v) is 18.6. The standard InChI is InChI=1S/C44H55NO5/c1-22(2)35-38(49)33-32-26(29-21-40(5,6)50-41(7,8)34(29)37(32)48)20-27-28-19-25-14-15-30-42(9,17-12-13-23(3)24(4)46)31(47)16-18-43(30,10)44(25,11)39(28)45(35)36(27)33/h12-13,17,20-21,25,30-31,34-35,37,47-48H,1,14-16,18-19H2,2-11H3/b17-12+,23-13+. The fraction of sp³-hybridized carbons (Fsp3) is 0.591. The Kier molecular flexibility index (Phi) is 7.01. The molecule has 6 heteroatoms. The Balaban J connectivity index is 1.36. The molecule has 3 heterocycles. The number of ether oxygens (including phenoxy) is 1. The van der Waals surface area contributed by atoms with Gasteiger partial charge < -0.3 is 19.5 Å². The van der Waals surface area contributed by atoms with Gasteiger partial charge in [-0.3, -0.25) is 9.59 Å². The van der Waals surface area contributed by atoms with Crippen LogP contribution >= 0.6 is 0 Å². The van der Waals surface area contributed by atoms with Crippen molar-refractivity contribution in [3.63, 3.8) is 0 Å². The van der Waals surface area contributed by atoms with Crippen molar-refractivity contribution >= 4 is 28.0 Å². The molecule has 2 N–H and O–H groups in total. The first-order chi connectivity index (χ1) is 23.2. The molecule has 4 aliphatic carbocycles. The largest absolute Gasteiger partial charge is 0.392 e. The topological polar surface area (TPSA) is 88.8 Å². The minimum absolute atomic E-state index is 0.0393. The van der Waals surface area contributed by atoms with Crippen LogP contribution in [0.15, 0.2) is 48.1 Å². The summed E-state index contributed by atoms with van der Waals surface area (Å²) in [6, 6.07) is 1.79. The van der Waals surface area contributed by atoms with E-state index in [1.807, 2.05) is 26.0 Å². The number of rotatable bonds is 4. The third-order valence-electron chi connectivity index (χ3n) is 15.0. The predicted molar refractivity (Wildman–Crippen MR) is 198 cm³/mol. The molecule has 2 aliphatic heterocycles. The Bertz CT molecular complexity index is 2020. The van der Waals surface area contributed by atoms with E-state index >= 15 is 0 Å². The summed E-state index contributed by atoms with van der Waals surface area (Å²) in [6.07, 6.45) is 11.5. The van der Waals surface area contributed by atoms with E-state index in [0.717, 1.165) is 58.9 Å². The van der Waals surface area contributed by atoms with Gasteiger partial charge in [0.25, 0.3) is 0 Å². The SMILES string of the molecule is C=C(C)C1C(=O)c2c3c(cc4c5c(n1c24)C1(C)C(CCC2C(C)(/C=C/C=C(\C)C(C)=O)C(O)CCC21C)C5)C1=CC(C)(C)OC(C)(C)C1C3O. The molecular formula is C44H55NO5. The molecule has 9 atom stereocenters. The molecular weight excluding hydrogens is 622 g/mol. The van der Waals surface area contributed by atoms with Gasteiger partial charge in [-0.15, -0.1) is 0 Å². The van der Waals surface area contributed by atoms with Gasteiger partial charge in [0.2, 0.25) is 0 Å². The number of fused-ring (bicyclic) bond motifs is 11.